The number of nitrogens with one attached hydrogen (secondary N) is 3. The summed E-state index contributed by atoms with van der Waals surface area (Å²) in [5, 5.41) is 19.6. The normalized spacial score (nSPS) is 15.2. The molecule has 0 aromatic carbocycles. The van der Waals surface area contributed by atoms with Crippen LogP contribution >= 0.6 is 0 Å². The Balaban J connectivity index is 4.35. The summed E-state index contributed by atoms with van der Waals surface area (Å²) in [7, 11) is 6.77. The zero-order valence-corrected chi connectivity index (χ0v) is 12.0. The fraction of sp³-hybridized carbons (Fsp3) is 0.917. The van der Waals surface area contributed by atoms with E-state index in [0.717, 1.165) is 0 Å². The number of aliphatic hydroxyl groups excluding tert-OH is 1. The van der Waals surface area contributed by atoms with E-state index in [0.29, 0.717) is 19.3 Å². The third-order valence-electron chi connectivity index (χ3n) is 3.51. The molecule has 0 aliphatic carbocycles. The molecule has 0 saturated carbocycles. The van der Waals surface area contributed by atoms with Crippen LogP contribution in [0.3, 0.4) is 0 Å². The summed E-state index contributed by atoms with van der Waals surface area (Å²) in [6.45, 7) is 1.89. The first-order valence-corrected chi connectivity index (χ1v) is 6.25. The van der Waals surface area contributed by atoms with E-state index in [1.807, 2.05) is 6.92 Å². The van der Waals surface area contributed by atoms with Gasteiger partial charge >= 0.3 is 5.97 Å². The molecule has 0 amide bonds. The summed E-state index contributed by atoms with van der Waals surface area (Å²) < 4.78 is 4.59. The van der Waals surface area contributed by atoms with Gasteiger partial charge in [-0.05, 0) is 40.9 Å². The lowest BCUT2D eigenvalue weighted by molar-refractivity contribution is -0.140. The molecule has 0 aliphatic rings. The van der Waals surface area contributed by atoms with Gasteiger partial charge in [-0.2, -0.15) is 0 Å². The predicted molar refractivity (Wildman–Crippen MR) is 71.2 cm³/mol. The maximum absolute atomic E-state index is 11.0. The number of aliphatic hydroxyl groups is 1. The number of esters is 1. The van der Waals surface area contributed by atoms with Gasteiger partial charge in [0.05, 0.1) is 12.8 Å². The molecule has 0 saturated heterocycles. The van der Waals surface area contributed by atoms with Gasteiger partial charge in [0, 0.05) is 12.5 Å². The van der Waals surface area contributed by atoms with Gasteiger partial charge in [0.25, 0.3) is 0 Å². The standard InChI is InChI=1S/C12H27N3O3/c1-12(14-3,15-4)11(17)9(13-2)7-6-8-10(16)18-5/h9,11,13-15,17H,6-8H2,1-5H3. The van der Waals surface area contributed by atoms with Crippen LogP contribution in [0.4, 0.5) is 0 Å². The second kappa shape index (κ2) is 8.42. The van der Waals surface area contributed by atoms with Crippen LogP contribution in [0.5, 0.6) is 0 Å². The molecule has 2 unspecified atom stereocenters. The molecule has 4 N–H and O–H groups in total. The van der Waals surface area contributed by atoms with Crippen LogP contribution in [0.2, 0.25) is 0 Å². The Morgan fingerprint density at radius 2 is 1.89 bits per heavy atom. The van der Waals surface area contributed by atoms with Gasteiger partial charge in [-0.25, -0.2) is 0 Å². The minimum Gasteiger partial charge on any atom is -0.469 e. The van der Waals surface area contributed by atoms with Gasteiger partial charge in [-0.1, -0.05) is 0 Å². The predicted octanol–water partition coefficient (Wildman–Crippen LogP) is -0.566. The average molecular weight is 261 g/mol. The Morgan fingerprint density at radius 1 is 1.33 bits per heavy atom. The Hall–Kier alpha value is -0.690. The van der Waals surface area contributed by atoms with Crippen LogP contribution in [-0.2, 0) is 9.53 Å². The fourth-order valence-electron chi connectivity index (χ4n) is 1.85. The highest BCUT2D eigenvalue weighted by atomic mass is 16.5. The third-order valence-corrected chi connectivity index (χ3v) is 3.51. The summed E-state index contributed by atoms with van der Waals surface area (Å²) in [6, 6.07) is -0.0976. The highest BCUT2D eigenvalue weighted by molar-refractivity contribution is 5.68. The van der Waals surface area contributed by atoms with Gasteiger partial charge in [0.1, 0.15) is 6.10 Å². The third kappa shape index (κ3) is 4.89. The summed E-state index contributed by atoms with van der Waals surface area (Å²) in [6.07, 6.45) is 1.14. The van der Waals surface area contributed by atoms with Crippen LogP contribution in [0.25, 0.3) is 0 Å². The quantitative estimate of drug-likeness (QED) is 0.329. The lowest BCUT2D eigenvalue weighted by Crippen LogP contribution is -2.65. The number of hydrogen-bond acceptors (Lipinski definition) is 6. The smallest absolute Gasteiger partial charge is 0.305 e. The monoisotopic (exact) mass is 261 g/mol. The molecular weight excluding hydrogens is 234 g/mol. The SMILES string of the molecule is CNC(CCCC(=O)OC)C(O)C(C)(NC)NC. The summed E-state index contributed by atoms with van der Waals surface area (Å²) in [5.74, 6) is -0.218. The van der Waals surface area contributed by atoms with E-state index in [-0.39, 0.29) is 12.0 Å². The second-order valence-corrected chi connectivity index (χ2v) is 4.51. The number of carbonyl (C=O) groups excluding carboxylic acids is 1. The van der Waals surface area contributed by atoms with Crippen molar-refractivity contribution in [3.63, 3.8) is 0 Å². The van der Waals surface area contributed by atoms with Crippen molar-refractivity contribution in [1.29, 1.82) is 0 Å². The largest absolute Gasteiger partial charge is 0.469 e. The topological polar surface area (TPSA) is 82.6 Å². The zero-order valence-electron chi connectivity index (χ0n) is 12.0. The number of carbonyl (C=O) groups is 1. The van der Waals surface area contributed by atoms with Crippen molar-refractivity contribution < 1.29 is 14.6 Å². The van der Waals surface area contributed by atoms with Crippen LogP contribution in [-0.4, -0.2) is 57.1 Å². The molecule has 0 spiro atoms. The number of rotatable bonds is 9. The van der Waals surface area contributed by atoms with Crippen LogP contribution < -0.4 is 16.0 Å². The van der Waals surface area contributed by atoms with E-state index < -0.39 is 11.8 Å². The Kier molecular flexibility index (Phi) is 8.10. The molecular formula is C12H27N3O3. The number of ether oxygens (including phenoxy) is 1. The van der Waals surface area contributed by atoms with Crippen LogP contribution in [0, 0.1) is 0 Å². The Bertz CT molecular complexity index is 245. The molecule has 0 aromatic rings. The van der Waals surface area contributed by atoms with Crippen molar-refractivity contribution in [2.24, 2.45) is 0 Å². The zero-order chi connectivity index (χ0) is 14.2. The fourth-order valence-corrected chi connectivity index (χ4v) is 1.85. The lowest BCUT2D eigenvalue weighted by Gasteiger charge is -2.38. The molecule has 0 fully saturated rings. The van der Waals surface area contributed by atoms with Crippen molar-refractivity contribution in [2.45, 2.75) is 44.0 Å². The maximum atomic E-state index is 11.0. The number of likely N-dealkylation sites (N-methyl/N-ethyl adjacent to an activating group) is 3. The second-order valence-electron chi connectivity index (χ2n) is 4.51. The Morgan fingerprint density at radius 3 is 2.28 bits per heavy atom. The highest BCUT2D eigenvalue weighted by Gasteiger charge is 2.34. The van der Waals surface area contributed by atoms with Gasteiger partial charge < -0.3 is 25.8 Å². The molecule has 0 radical (unpaired) electrons. The lowest BCUT2D eigenvalue weighted by atomic mass is 9.94. The van der Waals surface area contributed by atoms with E-state index in [4.69, 9.17) is 0 Å². The molecule has 18 heavy (non-hydrogen) atoms. The number of hydrogen-bond donors (Lipinski definition) is 4. The molecule has 108 valence electrons. The maximum Gasteiger partial charge on any atom is 0.305 e. The average Bonchev–Trinajstić information content (AvgIpc) is 2.41. The van der Waals surface area contributed by atoms with Gasteiger partial charge in [-0.3, -0.25) is 4.79 Å². The molecule has 0 aromatic heterocycles. The molecule has 0 aliphatic heterocycles. The summed E-state index contributed by atoms with van der Waals surface area (Å²) in [5.41, 5.74) is -0.570. The van der Waals surface area contributed by atoms with E-state index in [1.165, 1.54) is 7.11 Å². The molecule has 0 bridgehead atoms. The molecule has 2 atom stereocenters. The van der Waals surface area contributed by atoms with Crippen molar-refractivity contribution in [3.05, 3.63) is 0 Å². The van der Waals surface area contributed by atoms with Gasteiger partial charge in [0.2, 0.25) is 0 Å². The first-order valence-electron chi connectivity index (χ1n) is 6.25. The molecule has 6 nitrogen and oxygen atoms in total. The van der Waals surface area contributed by atoms with Crippen molar-refractivity contribution in [1.82, 2.24) is 16.0 Å². The Labute approximate surface area is 109 Å². The van der Waals surface area contributed by atoms with E-state index >= 15 is 0 Å². The van der Waals surface area contributed by atoms with Crippen LogP contribution in [0.15, 0.2) is 0 Å². The number of methoxy groups -OCH3 is 1. The van der Waals surface area contributed by atoms with Gasteiger partial charge in [0.15, 0.2) is 0 Å². The molecule has 0 heterocycles. The highest BCUT2D eigenvalue weighted by Crippen LogP contribution is 2.14. The molecule has 6 heteroatoms. The van der Waals surface area contributed by atoms with E-state index in [1.54, 1.807) is 21.1 Å². The van der Waals surface area contributed by atoms with Gasteiger partial charge in [-0.15, -0.1) is 0 Å². The van der Waals surface area contributed by atoms with E-state index in [2.05, 4.69) is 20.7 Å². The van der Waals surface area contributed by atoms with Crippen LogP contribution in [0.1, 0.15) is 26.2 Å². The first-order chi connectivity index (χ1) is 8.45. The summed E-state index contributed by atoms with van der Waals surface area (Å²) in [4.78, 5) is 11.0. The first kappa shape index (κ1) is 17.3. The molecule has 0 rings (SSSR count). The van der Waals surface area contributed by atoms with Crippen molar-refractivity contribution in [3.8, 4) is 0 Å². The van der Waals surface area contributed by atoms with Crippen molar-refractivity contribution in [2.75, 3.05) is 28.3 Å². The minimum atomic E-state index is -0.616. The van der Waals surface area contributed by atoms with Crippen molar-refractivity contribution >= 4 is 5.97 Å². The summed E-state index contributed by atoms with van der Waals surface area (Å²) >= 11 is 0. The minimum absolute atomic E-state index is 0.0976. The van der Waals surface area contributed by atoms with E-state index in [9.17, 15) is 9.90 Å².